The van der Waals surface area contributed by atoms with Gasteiger partial charge in [-0.2, -0.15) is 0 Å². The van der Waals surface area contributed by atoms with Crippen LogP contribution in [0.15, 0.2) is 0 Å². The predicted molar refractivity (Wildman–Crippen MR) is 57.8 cm³/mol. The highest BCUT2D eigenvalue weighted by molar-refractivity contribution is 5.82. The molecule has 1 atom stereocenters. The van der Waals surface area contributed by atoms with Crippen LogP contribution in [0.2, 0.25) is 0 Å². The van der Waals surface area contributed by atoms with E-state index in [1.807, 2.05) is 0 Å². The zero-order valence-electron chi connectivity index (χ0n) is 9.38. The zero-order chi connectivity index (χ0) is 11.7. The summed E-state index contributed by atoms with van der Waals surface area (Å²) in [6.07, 6.45) is 3.47. The number of rotatable bonds is 7. The van der Waals surface area contributed by atoms with Gasteiger partial charge in [0.05, 0.1) is 0 Å². The molecule has 88 valence electrons. The lowest BCUT2D eigenvalue weighted by Crippen LogP contribution is -2.45. The number of carboxylic acid groups (broad SMARTS) is 1. The molecule has 0 aromatic carbocycles. The molecule has 0 aromatic heterocycles. The van der Waals surface area contributed by atoms with E-state index in [4.69, 9.17) is 5.11 Å². The number of urea groups is 1. The van der Waals surface area contributed by atoms with Gasteiger partial charge in [0.2, 0.25) is 0 Å². The standard InChI is InChI=1S/C10H20N2O3/c1-3-5-6-7-11-10(15)12-8(4-2)9(13)14/h8H,3-7H2,1-2H3,(H,13,14)(H2,11,12,15)/t8-/m0/s1. The number of amides is 2. The number of hydrogen-bond acceptors (Lipinski definition) is 2. The Bertz CT molecular complexity index is 207. The second-order valence-corrected chi connectivity index (χ2v) is 3.41. The van der Waals surface area contributed by atoms with Gasteiger partial charge in [0.25, 0.3) is 0 Å². The molecule has 0 aliphatic heterocycles. The summed E-state index contributed by atoms with van der Waals surface area (Å²) >= 11 is 0. The van der Waals surface area contributed by atoms with Crippen molar-refractivity contribution in [1.29, 1.82) is 0 Å². The summed E-state index contributed by atoms with van der Waals surface area (Å²) in [7, 11) is 0. The Hall–Kier alpha value is -1.26. The average Bonchev–Trinajstić information content (AvgIpc) is 2.20. The zero-order valence-corrected chi connectivity index (χ0v) is 9.38. The molecule has 2 amide bonds. The molecular weight excluding hydrogens is 196 g/mol. The lowest BCUT2D eigenvalue weighted by Gasteiger charge is -2.12. The fourth-order valence-corrected chi connectivity index (χ4v) is 1.12. The van der Waals surface area contributed by atoms with Crippen LogP contribution in [0.4, 0.5) is 4.79 Å². The Morgan fingerprint density at radius 3 is 2.40 bits per heavy atom. The van der Waals surface area contributed by atoms with Crippen LogP contribution in [0.25, 0.3) is 0 Å². The molecule has 5 nitrogen and oxygen atoms in total. The van der Waals surface area contributed by atoms with E-state index in [2.05, 4.69) is 17.6 Å². The van der Waals surface area contributed by atoms with Crippen molar-refractivity contribution < 1.29 is 14.7 Å². The van der Waals surface area contributed by atoms with E-state index in [0.29, 0.717) is 13.0 Å². The Labute approximate surface area is 90.2 Å². The summed E-state index contributed by atoms with van der Waals surface area (Å²) < 4.78 is 0. The summed E-state index contributed by atoms with van der Waals surface area (Å²) in [6, 6.07) is -1.20. The first kappa shape index (κ1) is 13.7. The Kier molecular flexibility index (Phi) is 7.40. The number of hydrogen-bond donors (Lipinski definition) is 3. The highest BCUT2D eigenvalue weighted by Crippen LogP contribution is 1.92. The normalized spacial score (nSPS) is 11.9. The molecule has 0 aliphatic rings. The van der Waals surface area contributed by atoms with E-state index < -0.39 is 18.0 Å². The van der Waals surface area contributed by atoms with Gasteiger partial charge in [-0.15, -0.1) is 0 Å². The lowest BCUT2D eigenvalue weighted by molar-refractivity contribution is -0.139. The van der Waals surface area contributed by atoms with E-state index in [1.165, 1.54) is 0 Å². The van der Waals surface area contributed by atoms with Crippen LogP contribution in [0.5, 0.6) is 0 Å². The lowest BCUT2D eigenvalue weighted by atomic mass is 10.2. The van der Waals surface area contributed by atoms with E-state index in [-0.39, 0.29) is 0 Å². The van der Waals surface area contributed by atoms with Crippen LogP contribution < -0.4 is 10.6 Å². The van der Waals surface area contributed by atoms with Gasteiger partial charge < -0.3 is 15.7 Å². The summed E-state index contributed by atoms with van der Waals surface area (Å²) in [5.41, 5.74) is 0. The topological polar surface area (TPSA) is 78.4 Å². The molecule has 15 heavy (non-hydrogen) atoms. The monoisotopic (exact) mass is 216 g/mol. The van der Waals surface area contributed by atoms with E-state index in [9.17, 15) is 9.59 Å². The molecule has 0 aliphatic carbocycles. The maximum Gasteiger partial charge on any atom is 0.326 e. The van der Waals surface area contributed by atoms with Crippen molar-refractivity contribution >= 4 is 12.0 Å². The summed E-state index contributed by atoms with van der Waals surface area (Å²) in [6.45, 7) is 4.39. The van der Waals surface area contributed by atoms with E-state index >= 15 is 0 Å². The molecule has 0 unspecified atom stereocenters. The Morgan fingerprint density at radius 1 is 1.27 bits per heavy atom. The molecule has 0 radical (unpaired) electrons. The van der Waals surface area contributed by atoms with Gasteiger partial charge in [0.15, 0.2) is 0 Å². The molecule has 0 fully saturated rings. The summed E-state index contributed by atoms with van der Waals surface area (Å²) in [5, 5.41) is 13.7. The third kappa shape index (κ3) is 6.76. The SMILES string of the molecule is CCCCCNC(=O)N[C@@H](CC)C(=O)O. The minimum absolute atomic E-state index is 0.387. The maximum atomic E-state index is 11.2. The van der Waals surface area contributed by atoms with E-state index in [1.54, 1.807) is 6.92 Å². The van der Waals surface area contributed by atoms with Crippen molar-refractivity contribution in [3.05, 3.63) is 0 Å². The van der Waals surface area contributed by atoms with Gasteiger partial charge in [0.1, 0.15) is 6.04 Å². The van der Waals surface area contributed by atoms with Gasteiger partial charge in [0, 0.05) is 6.54 Å². The molecule has 0 saturated carbocycles. The minimum Gasteiger partial charge on any atom is -0.480 e. The van der Waals surface area contributed by atoms with Crippen LogP contribution in [-0.2, 0) is 4.79 Å². The van der Waals surface area contributed by atoms with Crippen LogP contribution in [0.3, 0.4) is 0 Å². The van der Waals surface area contributed by atoms with Crippen molar-refractivity contribution in [1.82, 2.24) is 10.6 Å². The molecule has 3 N–H and O–H groups in total. The highest BCUT2D eigenvalue weighted by Gasteiger charge is 2.16. The number of unbranched alkanes of at least 4 members (excludes halogenated alkanes) is 2. The van der Waals surface area contributed by atoms with Crippen molar-refractivity contribution in [3.8, 4) is 0 Å². The van der Waals surface area contributed by atoms with Crippen LogP contribution in [0.1, 0.15) is 39.5 Å². The van der Waals surface area contributed by atoms with E-state index in [0.717, 1.165) is 19.3 Å². The first-order chi connectivity index (χ1) is 7.11. The molecule has 5 heteroatoms. The Morgan fingerprint density at radius 2 is 1.93 bits per heavy atom. The number of carbonyl (C=O) groups excluding carboxylic acids is 1. The molecule has 0 heterocycles. The van der Waals surface area contributed by atoms with Crippen LogP contribution in [-0.4, -0.2) is 29.7 Å². The minimum atomic E-state index is -0.999. The number of nitrogens with one attached hydrogen (secondary N) is 2. The van der Waals surface area contributed by atoms with Crippen molar-refractivity contribution in [3.63, 3.8) is 0 Å². The molecule has 0 aromatic rings. The summed E-state index contributed by atoms with van der Waals surface area (Å²) in [5.74, 6) is -0.999. The van der Waals surface area contributed by atoms with Gasteiger partial charge in [-0.3, -0.25) is 0 Å². The molecule has 0 spiro atoms. The van der Waals surface area contributed by atoms with Crippen LogP contribution >= 0.6 is 0 Å². The second-order valence-electron chi connectivity index (χ2n) is 3.41. The number of aliphatic carboxylic acids is 1. The highest BCUT2D eigenvalue weighted by atomic mass is 16.4. The molecule has 0 bridgehead atoms. The maximum absolute atomic E-state index is 11.2. The van der Waals surface area contributed by atoms with Crippen molar-refractivity contribution in [2.24, 2.45) is 0 Å². The quantitative estimate of drug-likeness (QED) is 0.562. The largest absolute Gasteiger partial charge is 0.480 e. The first-order valence-corrected chi connectivity index (χ1v) is 5.39. The van der Waals surface area contributed by atoms with Crippen molar-refractivity contribution in [2.45, 2.75) is 45.6 Å². The molecular formula is C10H20N2O3. The smallest absolute Gasteiger partial charge is 0.326 e. The third-order valence-corrected chi connectivity index (χ3v) is 2.08. The van der Waals surface area contributed by atoms with Gasteiger partial charge in [-0.05, 0) is 12.8 Å². The van der Waals surface area contributed by atoms with Crippen LogP contribution in [0, 0.1) is 0 Å². The fraction of sp³-hybridized carbons (Fsp3) is 0.800. The van der Waals surface area contributed by atoms with Gasteiger partial charge in [-0.1, -0.05) is 26.7 Å². The average molecular weight is 216 g/mol. The first-order valence-electron chi connectivity index (χ1n) is 5.39. The number of carboxylic acids is 1. The molecule has 0 saturated heterocycles. The Balaban J connectivity index is 3.67. The predicted octanol–water partition coefficient (Wildman–Crippen LogP) is 1.34. The fourth-order valence-electron chi connectivity index (χ4n) is 1.12. The summed E-state index contributed by atoms with van der Waals surface area (Å²) in [4.78, 5) is 21.8. The third-order valence-electron chi connectivity index (χ3n) is 2.08. The second kappa shape index (κ2) is 8.08. The van der Waals surface area contributed by atoms with Gasteiger partial charge in [-0.25, -0.2) is 9.59 Å². The molecule has 0 rings (SSSR count). The number of carbonyl (C=O) groups is 2. The van der Waals surface area contributed by atoms with Gasteiger partial charge >= 0.3 is 12.0 Å². The van der Waals surface area contributed by atoms with Crippen molar-refractivity contribution in [2.75, 3.05) is 6.54 Å².